The van der Waals surface area contributed by atoms with Gasteiger partial charge in [0.05, 0.1) is 18.8 Å². The standard InChI is InChI=1S/C18H23NO5/c1-14(20)23-12-6-5-9-16-17(21)10-11-19(16)18(22)24-13-15-7-3-2-4-8-15/h2-5,7-9,16-17,21H,6,10-13H2,1H3/b9-5+/t16-,17-/m0/s1. The quantitative estimate of drug-likeness (QED) is 0.491. The summed E-state index contributed by atoms with van der Waals surface area (Å²) >= 11 is 0. The van der Waals surface area contributed by atoms with Gasteiger partial charge in [0, 0.05) is 13.5 Å². The first-order chi connectivity index (χ1) is 11.6. The first kappa shape index (κ1) is 18.0. The number of aliphatic hydroxyl groups excluding tert-OH is 1. The van der Waals surface area contributed by atoms with Crippen molar-refractivity contribution in [3.63, 3.8) is 0 Å². The molecule has 24 heavy (non-hydrogen) atoms. The van der Waals surface area contributed by atoms with Crippen LogP contribution in [0, 0.1) is 0 Å². The van der Waals surface area contributed by atoms with E-state index in [4.69, 9.17) is 9.47 Å². The van der Waals surface area contributed by atoms with Gasteiger partial charge in [0.1, 0.15) is 6.61 Å². The predicted octanol–water partition coefficient (Wildman–Crippen LogP) is 2.27. The van der Waals surface area contributed by atoms with Gasteiger partial charge in [0.15, 0.2) is 0 Å². The molecule has 0 bridgehead atoms. The zero-order valence-corrected chi connectivity index (χ0v) is 13.8. The molecule has 1 heterocycles. The van der Waals surface area contributed by atoms with Crippen molar-refractivity contribution in [1.29, 1.82) is 0 Å². The maximum Gasteiger partial charge on any atom is 0.410 e. The van der Waals surface area contributed by atoms with E-state index in [-0.39, 0.29) is 19.2 Å². The Balaban J connectivity index is 1.84. The highest BCUT2D eigenvalue weighted by Gasteiger charge is 2.35. The fourth-order valence-corrected chi connectivity index (χ4v) is 2.55. The van der Waals surface area contributed by atoms with Crippen LogP contribution in [0.15, 0.2) is 42.5 Å². The zero-order chi connectivity index (χ0) is 17.4. The van der Waals surface area contributed by atoms with Crippen LogP contribution in [0.3, 0.4) is 0 Å². The second-order valence-electron chi connectivity index (χ2n) is 5.64. The molecule has 6 nitrogen and oxygen atoms in total. The molecule has 0 saturated carbocycles. The van der Waals surface area contributed by atoms with Crippen LogP contribution in [0.2, 0.25) is 0 Å². The summed E-state index contributed by atoms with van der Waals surface area (Å²) in [6, 6.07) is 9.04. The number of aliphatic hydroxyl groups is 1. The van der Waals surface area contributed by atoms with Crippen molar-refractivity contribution in [2.75, 3.05) is 13.2 Å². The number of nitrogens with zero attached hydrogens (tertiary/aromatic N) is 1. The zero-order valence-electron chi connectivity index (χ0n) is 13.8. The summed E-state index contributed by atoms with van der Waals surface area (Å²) in [6.07, 6.45) is 3.57. The van der Waals surface area contributed by atoms with Crippen LogP contribution in [0.1, 0.15) is 25.3 Å². The van der Waals surface area contributed by atoms with Gasteiger partial charge in [-0.25, -0.2) is 4.79 Å². The fraction of sp³-hybridized carbons (Fsp3) is 0.444. The summed E-state index contributed by atoms with van der Waals surface area (Å²) in [6.45, 7) is 2.30. The molecule has 0 radical (unpaired) electrons. The third-order valence-electron chi connectivity index (χ3n) is 3.78. The van der Waals surface area contributed by atoms with Crippen LogP contribution in [-0.2, 0) is 20.9 Å². The van der Waals surface area contributed by atoms with Gasteiger partial charge >= 0.3 is 12.1 Å². The Labute approximate surface area is 141 Å². The van der Waals surface area contributed by atoms with E-state index in [0.717, 1.165) is 5.56 Å². The average Bonchev–Trinajstić information content (AvgIpc) is 2.94. The molecule has 1 aromatic rings. The summed E-state index contributed by atoms with van der Waals surface area (Å²) in [5, 5.41) is 10.1. The topological polar surface area (TPSA) is 76.1 Å². The summed E-state index contributed by atoms with van der Waals surface area (Å²) in [5.41, 5.74) is 0.916. The van der Waals surface area contributed by atoms with Crippen molar-refractivity contribution in [2.45, 2.75) is 38.5 Å². The molecule has 0 aliphatic carbocycles. The molecular formula is C18H23NO5. The number of esters is 1. The first-order valence-corrected chi connectivity index (χ1v) is 8.03. The number of carbonyl (C=O) groups excluding carboxylic acids is 2. The number of likely N-dealkylation sites (tertiary alicyclic amines) is 1. The lowest BCUT2D eigenvalue weighted by Gasteiger charge is -2.23. The fourth-order valence-electron chi connectivity index (χ4n) is 2.55. The predicted molar refractivity (Wildman–Crippen MR) is 88.1 cm³/mol. The van der Waals surface area contributed by atoms with Gasteiger partial charge in [-0.3, -0.25) is 9.69 Å². The third-order valence-corrected chi connectivity index (χ3v) is 3.78. The van der Waals surface area contributed by atoms with Crippen LogP contribution in [0.5, 0.6) is 0 Å². The van der Waals surface area contributed by atoms with Crippen molar-refractivity contribution in [2.24, 2.45) is 0 Å². The SMILES string of the molecule is CC(=O)OCC/C=C/[C@H]1[C@@H](O)CCN1C(=O)OCc1ccccc1. The lowest BCUT2D eigenvalue weighted by Crippen LogP contribution is -2.38. The van der Waals surface area contributed by atoms with Crippen LogP contribution in [0.4, 0.5) is 4.79 Å². The van der Waals surface area contributed by atoms with Crippen molar-refractivity contribution >= 4 is 12.1 Å². The number of carbonyl (C=O) groups is 2. The van der Waals surface area contributed by atoms with Crippen LogP contribution in [0.25, 0.3) is 0 Å². The van der Waals surface area contributed by atoms with Gasteiger partial charge < -0.3 is 14.6 Å². The molecule has 130 valence electrons. The number of benzene rings is 1. The second kappa shape index (κ2) is 9.08. The minimum atomic E-state index is -0.612. The normalized spacial score (nSPS) is 20.3. The maximum atomic E-state index is 12.2. The van der Waals surface area contributed by atoms with E-state index in [0.29, 0.717) is 19.4 Å². The first-order valence-electron chi connectivity index (χ1n) is 8.03. The average molecular weight is 333 g/mol. The van der Waals surface area contributed by atoms with E-state index in [2.05, 4.69) is 0 Å². The number of ether oxygens (including phenoxy) is 2. The molecule has 1 amide bonds. The van der Waals surface area contributed by atoms with Gasteiger partial charge in [-0.2, -0.15) is 0 Å². The van der Waals surface area contributed by atoms with Gasteiger partial charge in [0.2, 0.25) is 0 Å². The highest BCUT2D eigenvalue weighted by molar-refractivity contribution is 5.69. The van der Waals surface area contributed by atoms with Crippen molar-refractivity contribution in [1.82, 2.24) is 4.90 Å². The molecule has 1 aromatic carbocycles. The van der Waals surface area contributed by atoms with Crippen molar-refractivity contribution in [3.05, 3.63) is 48.0 Å². The van der Waals surface area contributed by atoms with E-state index in [1.807, 2.05) is 30.3 Å². The number of hydrogen-bond acceptors (Lipinski definition) is 5. The molecule has 1 fully saturated rings. The Morgan fingerprint density at radius 2 is 2.04 bits per heavy atom. The Hall–Kier alpha value is -2.34. The smallest absolute Gasteiger partial charge is 0.410 e. The summed E-state index contributed by atoms with van der Waals surface area (Å²) < 4.78 is 10.2. The monoisotopic (exact) mass is 333 g/mol. The van der Waals surface area contributed by atoms with Crippen LogP contribution < -0.4 is 0 Å². The highest BCUT2D eigenvalue weighted by atomic mass is 16.6. The van der Waals surface area contributed by atoms with Crippen molar-refractivity contribution < 1.29 is 24.2 Å². The Bertz CT molecular complexity index is 572. The molecular weight excluding hydrogens is 310 g/mol. The molecule has 1 N–H and O–H groups in total. The van der Waals surface area contributed by atoms with E-state index >= 15 is 0 Å². The lowest BCUT2D eigenvalue weighted by atomic mass is 10.1. The molecule has 6 heteroatoms. The van der Waals surface area contributed by atoms with E-state index in [1.54, 1.807) is 12.2 Å². The Kier molecular flexibility index (Phi) is 6.81. The van der Waals surface area contributed by atoms with Gasteiger partial charge in [-0.15, -0.1) is 0 Å². The number of amides is 1. The third kappa shape index (κ3) is 5.38. The number of rotatable bonds is 6. The molecule has 2 atom stereocenters. The van der Waals surface area contributed by atoms with Gasteiger partial charge in [0.25, 0.3) is 0 Å². The van der Waals surface area contributed by atoms with E-state index in [1.165, 1.54) is 11.8 Å². The molecule has 0 spiro atoms. The van der Waals surface area contributed by atoms with Crippen LogP contribution in [-0.4, -0.2) is 47.4 Å². The maximum absolute atomic E-state index is 12.2. The van der Waals surface area contributed by atoms with Gasteiger partial charge in [-0.05, 0) is 18.4 Å². The Morgan fingerprint density at radius 3 is 2.75 bits per heavy atom. The molecule has 2 rings (SSSR count). The van der Waals surface area contributed by atoms with Gasteiger partial charge in [-0.1, -0.05) is 42.5 Å². The highest BCUT2D eigenvalue weighted by Crippen LogP contribution is 2.21. The summed E-state index contributed by atoms with van der Waals surface area (Å²) in [5.74, 6) is -0.324. The molecule has 0 aromatic heterocycles. The Morgan fingerprint density at radius 1 is 1.29 bits per heavy atom. The minimum Gasteiger partial charge on any atom is -0.466 e. The largest absolute Gasteiger partial charge is 0.466 e. The molecule has 0 unspecified atom stereocenters. The summed E-state index contributed by atoms with van der Waals surface area (Å²) in [4.78, 5) is 24.5. The van der Waals surface area contributed by atoms with E-state index < -0.39 is 18.2 Å². The van der Waals surface area contributed by atoms with Crippen molar-refractivity contribution in [3.8, 4) is 0 Å². The molecule has 1 aliphatic rings. The van der Waals surface area contributed by atoms with E-state index in [9.17, 15) is 14.7 Å². The lowest BCUT2D eigenvalue weighted by molar-refractivity contribution is -0.140. The minimum absolute atomic E-state index is 0.204. The summed E-state index contributed by atoms with van der Waals surface area (Å²) in [7, 11) is 0. The molecule has 1 aliphatic heterocycles. The number of hydrogen-bond donors (Lipinski definition) is 1. The molecule has 1 saturated heterocycles. The second-order valence-corrected chi connectivity index (χ2v) is 5.64. The van der Waals surface area contributed by atoms with Crippen LogP contribution >= 0.6 is 0 Å².